The molecule has 1 aliphatic carbocycles. The summed E-state index contributed by atoms with van der Waals surface area (Å²) in [6, 6.07) is 0.303. The monoisotopic (exact) mass is 168 g/mol. The normalized spacial score (nSPS) is 18.4. The van der Waals surface area contributed by atoms with Crippen molar-refractivity contribution in [3.8, 4) is 0 Å². The highest BCUT2D eigenvalue weighted by Crippen LogP contribution is 2.32. The SMILES string of the molecule is NNc1nc(C2CCCC2)no1. The van der Waals surface area contributed by atoms with Crippen molar-refractivity contribution in [1.82, 2.24) is 10.1 Å². The average Bonchev–Trinajstić information content (AvgIpc) is 2.75. The Bertz CT molecular complexity index is 254. The molecule has 0 saturated heterocycles. The zero-order valence-electron chi connectivity index (χ0n) is 6.79. The molecule has 0 radical (unpaired) electrons. The zero-order chi connectivity index (χ0) is 8.39. The lowest BCUT2D eigenvalue weighted by atomic mass is 10.1. The van der Waals surface area contributed by atoms with E-state index in [9.17, 15) is 0 Å². The van der Waals surface area contributed by atoms with E-state index in [4.69, 9.17) is 10.4 Å². The molecule has 5 heteroatoms. The molecule has 3 N–H and O–H groups in total. The predicted octanol–water partition coefficient (Wildman–Crippen LogP) is 1.01. The van der Waals surface area contributed by atoms with Gasteiger partial charge in [0.05, 0.1) is 0 Å². The lowest BCUT2D eigenvalue weighted by Gasteiger charge is -1.98. The fourth-order valence-corrected chi connectivity index (χ4v) is 1.64. The molecule has 0 amide bonds. The third-order valence-corrected chi connectivity index (χ3v) is 2.29. The fourth-order valence-electron chi connectivity index (χ4n) is 1.64. The minimum atomic E-state index is 0.303. The summed E-state index contributed by atoms with van der Waals surface area (Å²) in [4.78, 5) is 4.10. The van der Waals surface area contributed by atoms with Gasteiger partial charge in [0, 0.05) is 5.92 Å². The first kappa shape index (κ1) is 7.54. The summed E-state index contributed by atoms with van der Waals surface area (Å²) in [6.07, 6.45) is 4.88. The van der Waals surface area contributed by atoms with Crippen LogP contribution in [0.3, 0.4) is 0 Å². The van der Waals surface area contributed by atoms with E-state index < -0.39 is 0 Å². The summed E-state index contributed by atoms with van der Waals surface area (Å²) >= 11 is 0. The van der Waals surface area contributed by atoms with Crippen LogP contribution in [0.1, 0.15) is 37.4 Å². The molecule has 2 rings (SSSR count). The molecule has 1 aromatic heterocycles. The van der Waals surface area contributed by atoms with Crippen molar-refractivity contribution in [2.45, 2.75) is 31.6 Å². The molecule has 1 aliphatic rings. The smallest absolute Gasteiger partial charge is 0.314 e. The van der Waals surface area contributed by atoms with Gasteiger partial charge in [-0.3, -0.25) is 5.43 Å². The summed E-state index contributed by atoms with van der Waals surface area (Å²) in [5.41, 5.74) is 2.33. The van der Waals surface area contributed by atoms with E-state index in [0.717, 1.165) is 5.82 Å². The Morgan fingerprint density at radius 3 is 2.75 bits per heavy atom. The Hall–Kier alpha value is -1.10. The van der Waals surface area contributed by atoms with Gasteiger partial charge < -0.3 is 4.52 Å². The van der Waals surface area contributed by atoms with Crippen molar-refractivity contribution in [1.29, 1.82) is 0 Å². The molecule has 1 saturated carbocycles. The second-order valence-electron chi connectivity index (χ2n) is 3.08. The van der Waals surface area contributed by atoms with Crippen LogP contribution in [0.15, 0.2) is 4.52 Å². The minimum absolute atomic E-state index is 0.303. The lowest BCUT2D eigenvalue weighted by Crippen LogP contribution is -2.07. The standard InChI is InChI=1S/C7H12N4O/c8-10-7-9-6(11-12-7)5-3-1-2-4-5/h5H,1-4,8H2,(H,9,10,11). The summed E-state index contributed by atoms with van der Waals surface area (Å²) in [6.45, 7) is 0. The van der Waals surface area contributed by atoms with Gasteiger partial charge in [0.1, 0.15) is 0 Å². The van der Waals surface area contributed by atoms with Crippen molar-refractivity contribution < 1.29 is 4.52 Å². The Balaban J connectivity index is 2.11. The van der Waals surface area contributed by atoms with Crippen molar-refractivity contribution in [2.75, 3.05) is 5.43 Å². The first-order chi connectivity index (χ1) is 5.90. The third kappa shape index (κ3) is 1.27. The molecule has 12 heavy (non-hydrogen) atoms. The molecule has 0 unspecified atom stereocenters. The van der Waals surface area contributed by atoms with Gasteiger partial charge in [0.15, 0.2) is 5.82 Å². The summed E-state index contributed by atoms with van der Waals surface area (Å²) in [7, 11) is 0. The number of hydrogen-bond donors (Lipinski definition) is 2. The number of nitrogens with two attached hydrogens (primary N) is 1. The lowest BCUT2D eigenvalue weighted by molar-refractivity contribution is 0.416. The van der Waals surface area contributed by atoms with Crippen LogP contribution in [0.2, 0.25) is 0 Å². The van der Waals surface area contributed by atoms with E-state index in [0.29, 0.717) is 11.9 Å². The number of nitrogens with one attached hydrogen (secondary N) is 1. The molecule has 5 nitrogen and oxygen atoms in total. The number of nitrogens with zero attached hydrogens (tertiary/aromatic N) is 2. The minimum Gasteiger partial charge on any atom is -0.314 e. The second-order valence-corrected chi connectivity index (χ2v) is 3.08. The first-order valence-corrected chi connectivity index (χ1v) is 4.20. The van der Waals surface area contributed by atoms with Crippen molar-refractivity contribution in [2.24, 2.45) is 5.84 Å². The Kier molecular flexibility index (Phi) is 1.95. The van der Waals surface area contributed by atoms with Gasteiger partial charge >= 0.3 is 6.01 Å². The molecule has 0 aliphatic heterocycles. The van der Waals surface area contributed by atoms with Gasteiger partial charge in [-0.25, -0.2) is 5.84 Å². The van der Waals surface area contributed by atoms with Crippen LogP contribution in [0.5, 0.6) is 0 Å². The molecular weight excluding hydrogens is 156 g/mol. The highest BCUT2D eigenvalue weighted by Gasteiger charge is 2.21. The fraction of sp³-hybridized carbons (Fsp3) is 0.714. The third-order valence-electron chi connectivity index (χ3n) is 2.29. The maximum Gasteiger partial charge on any atom is 0.335 e. The van der Waals surface area contributed by atoms with Crippen LogP contribution < -0.4 is 11.3 Å². The Morgan fingerprint density at radius 2 is 2.17 bits per heavy atom. The van der Waals surface area contributed by atoms with Crippen molar-refractivity contribution in [3.05, 3.63) is 5.82 Å². The molecule has 66 valence electrons. The highest BCUT2D eigenvalue weighted by molar-refractivity contribution is 5.16. The highest BCUT2D eigenvalue weighted by atomic mass is 16.5. The van der Waals surface area contributed by atoms with Crippen LogP contribution in [-0.2, 0) is 0 Å². The first-order valence-electron chi connectivity index (χ1n) is 4.20. The summed E-state index contributed by atoms with van der Waals surface area (Å²) in [5, 5.41) is 3.84. The topological polar surface area (TPSA) is 77.0 Å². The quantitative estimate of drug-likeness (QED) is 0.509. The molecular formula is C7H12N4O. The van der Waals surface area contributed by atoms with Gasteiger partial charge in [0.25, 0.3) is 0 Å². The Labute approximate surface area is 70.3 Å². The number of rotatable bonds is 2. The largest absolute Gasteiger partial charge is 0.335 e. The maximum atomic E-state index is 5.12. The van der Waals surface area contributed by atoms with Gasteiger partial charge in [0.2, 0.25) is 0 Å². The van der Waals surface area contributed by atoms with E-state index in [-0.39, 0.29) is 0 Å². The Morgan fingerprint density at radius 1 is 1.42 bits per heavy atom. The zero-order valence-corrected chi connectivity index (χ0v) is 6.79. The second kappa shape index (κ2) is 3.10. The van der Waals surface area contributed by atoms with E-state index >= 15 is 0 Å². The van der Waals surface area contributed by atoms with Gasteiger partial charge in [-0.2, -0.15) is 4.98 Å². The number of nitrogen functional groups attached to an aromatic ring is 1. The van der Waals surface area contributed by atoms with Crippen LogP contribution in [0.25, 0.3) is 0 Å². The molecule has 0 atom stereocenters. The molecule has 0 bridgehead atoms. The number of hydrazine groups is 1. The summed E-state index contributed by atoms with van der Waals surface area (Å²) in [5.74, 6) is 6.39. The molecule has 1 aromatic rings. The maximum absolute atomic E-state index is 5.12. The van der Waals surface area contributed by atoms with Gasteiger partial charge in [-0.15, -0.1) is 0 Å². The number of aromatic nitrogens is 2. The van der Waals surface area contributed by atoms with Crippen LogP contribution in [-0.4, -0.2) is 10.1 Å². The van der Waals surface area contributed by atoms with Crippen molar-refractivity contribution >= 4 is 6.01 Å². The molecule has 1 heterocycles. The van der Waals surface area contributed by atoms with E-state index in [2.05, 4.69) is 15.6 Å². The van der Waals surface area contributed by atoms with Gasteiger partial charge in [-0.1, -0.05) is 18.0 Å². The number of anilines is 1. The van der Waals surface area contributed by atoms with Crippen molar-refractivity contribution in [3.63, 3.8) is 0 Å². The van der Waals surface area contributed by atoms with Gasteiger partial charge in [-0.05, 0) is 12.8 Å². The molecule has 1 fully saturated rings. The number of hydrogen-bond acceptors (Lipinski definition) is 5. The van der Waals surface area contributed by atoms with Crippen LogP contribution in [0.4, 0.5) is 6.01 Å². The molecule has 0 aromatic carbocycles. The molecule has 0 spiro atoms. The summed E-state index contributed by atoms with van der Waals surface area (Å²) < 4.78 is 4.83. The average molecular weight is 168 g/mol. The van der Waals surface area contributed by atoms with E-state index in [1.807, 2.05) is 0 Å². The van der Waals surface area contributed by atoms with E-state index in [1.165, 1.54) is 25.7 Å². The van der Waals surface area contributed by atoms with Crippen LogP contribution in [0, 0.1) is 0 Å². The van der Waals surface area contributed by atoms with Crippen LogP contribution >= 0.6 is 0 Å². The predicted molar refractivity (Wildman–Crippen MR) is 43.3 cm³/mol. The van der Waals surface area contributed by atoms with E-state index in [1.54, 1.807) is 0 Å².